The van der Waals surface area contributed by atoms with Gasteiger partial charge in [0.05, 0.1) is 5.92 Å². The van der Waals surface area contributed by atoms with Crippen molar-refractivity contribution in [3.05, 3.63) is 71.8 Å². The van der Waals surface area contributed by atoms with Gasteiger partial charge in [0.15, 0.2) is 0 Å². The van der Waals surface area contributed by atoms with E-state index in [0.717, 1.165) is 43.5 Å². The lowest BCUT2D eigenvalue weighted by Crippen LogP contribution is -2.46. The average Bonchev–Trinajstić information content (AvgIpc) is 2.70. The Kier molecular flexibility index (Phi) is 5.54. The van der Waals surface area contributed by atoms with Crippen molar-refractivity contribution in [2.75, 3.05) is 19.7 Å². The molecule has 1 aliphatic rings. The number of benzene rings is 2. The molecular formula is C22H27NO2. The molecule has 3 rings (SSSR count). The number of aliphatic hydroxyl groups is 1. The van der Waals surface area contributed by atoms with Crippen LogP contribution in [-0.4, -0.2) is 35.6 Å². The van der Waals surface area contributed by atoms with Gasteiger partial charge in [0.25, 0.3) is 0 Å². The van der Waals surface area contributed by atoms with Gasteiger partial charge in [0.2, 0.25) is 5.91 Å². The summed E-state index contributed by atoms with van der Waals surface area (Å²) in [7, 11) is 0. The number of rotatable bonds is 5. The maximum Gasteiger partial charge on any atom is 0.234 e. The predicted molar refractivity (Wildman–Crippen MR) is 100 cm³/mol. The second kappa shape index (κ2) is 7.83. The Labute approximate surface area is 150 Å². The van der Waals surface area contributed by atoms with Crippen molar-refractivity contribution in [2.45, 2.75) is 32.1 Å². The summed E-state index contributed by atoms with van der Waals surface area (Å²) in [6.07, 6.45) is 2.72. The first-order valence-electron chi connectivity index (χ1n) is 9.19. The van der Waals surface area contributed by atoms with Gasteiger partial charge < -0.3 is 10.0 Å². The van der Waals surface area contributed by atoms with E-state index in [1.807, 2.05) is 65.6 Å². The smallest absolute Gasteiger partial charge is 0.234 e. The quantitative estimate of drug-likeness (QED) is 0.901. The summed E-state index contributed by atoms with van der Waals surface area (Å²) >= 11 is 0. The Bertz CT molecular complexity index is 630. The van der Waals surface area contributed by atoms with E-state index in [2.05, 4.69) is 6.92 Å². The topological polar surface area (TPSA) is 40.5 Å². The van der Waals surface area contributed by atoms with E-state index in [0.29, 0.717) is 0 Å². The summed E-state index contributed by atoms with van der Waals surface area (Å²) < 4.78 is 0. The largest absolute Gasteiger partial charge is 0.396 e. The van der Waals surface area contributed by atoms with Gasteiger partial charge in [-0.25, -0.2) is 0 Å². The molecular weight excluding hydrogens is 310 g/mol. The first-order chi connectivity index (χ1) is 12.2. The molecule has 25 heavy (non-hydrogen) atoms. The molecule has 0 atom stereocenters. The molecule has 3 nitrogen and oxygen atoms in total. The van der Waals surface area contributed by atoms with Crippen LogP contribution in [0.3, 0.4) is 0 Å². The third-order valence-electron chi connectivity index (χ3n) is 5.73. The minimum atomic E-state index is -0.259. The van der Waals surface area contributed by atoms with Crippen LogP contribution in [0.2, 0.25) is 0 Å². The van der Waals surface area contributed by atoms with E-state index >= 15 is 0 Å². The molecule has 0 radical (unpaired) electrons. The number of carbonyl (C=O) groups excluding carboxylic acids is 1. The van der Waals surface area contributed by atoms with Crippen LogP contribution in [0, 0.1) is 5.41 Å². The van der Waals surface area contributed by atoms with Crippen molar-refractivity contribution in [1.82, 2.24) is 4.90 Å². The fourth-order valence-electron chi connectivity index (χ4n) is 3.78. The van der Waals surface area contributed by atoms with Crippen molar-refractivity contribution in [1.29, 1.82) is 0 Å². The van der Waals surface area contributed by atoms with Crippen LogP contribution >= 0.6 is 0 Å². The standard InChI is InChI=1S/C22H27NO2/c1-2-22(17-24)13-15-23(16-14-22)21(25)20(18-9-5-3-6-10-18)19-11-7-4-8-12-19/h3-12,20,24H,2,13-17H2,1H3. The van der Waals surface area contributed by atoms with Crippen molar-refractivity contribution in [2.24, 2.45) is 5.41 Å². The van der Waals surface area contributed by atoms with Crippen LogP contribution in [0.25, 0.3) is 0 Å². The molecule has 132 valence electrons. The summed E-state index contributed by atoms with van der Waals surface area (Å²) in [4.78, 5) is 15.3. The second-order valence-corrected chi connectivity index (χ2v) is 7.09. The zero-order valence-electron chi connectivity index (χ0n) is 14.9. The van der Waals surface area contributed by atoms with Crippen molar-refractivity contribution in [3.8, 4) is 0 Å². The Morgan fingerprint density at radius 1 is 1.00 bits per heavy atom. The molecule has 0 saturated carbocycles. The number of likely N-dealkylation sites (tertiary alicyclic amines) is 1. The molecule has 1 aliphatic heterocycles. The SMILES string of the molecule is CCC1(CO)CCN(C(=O)C(c2ccccc2)c2ccccc2)CC1. The van der Waals surface area contributed by atoms with E-state index in [-0.39, 0.29) is 23.8 Å². The third kappa shape index (κ3) is 3.77. The molecule has 1 N–H and O–H groups in total. The Morgan fingerprint density at radius 3 is 1.88 bits per heavy atom. The zero-order valence-corrected chi connectivity index (χ0v) is 14.9. The summed E-state index contributed by atoms with van der Waals surface area (Å²) in [6, 6.07) is 20.0. The van der Waals surface area contributed by atoms with Crippen LogP contribution in [0.15, 0.2) is 60.7 Å². The van der Waals surface area contributed by atoms with Crippen LogP contribution in [0.1, 0.15) is 43.2 Å². The van der Waals surface area contributed by atoms with Gasteiger partial charge in [0, 0.05) is 19.7 Å². The molecule has 1 fully saturated rings. The molecule has 2 aromatic rings. The van der Waals surface area contributed by atoms with E-state index < -0.39 is 0 Å². The second-order valence-electron chi connectivity index (χ2n) is 7.09. The summed E-state index contributed by atoms with van der Waals surface area (Å²) in [5.74, 6) is -0.0919. The molecule has 0 aromatic heterocycles. The van der Waals surface area contributed by atoms with Gasteiger partial charge in [-0.2, -0.15) is 0 Å². The van der Waals surface area contributed by atoms with Gasteiger partial charge in [0.1, 0.15) is 0 Å². The summed E-state index contributed by atoms with van der Waals surface area (Å²) in [5.41, 5.74) is 2.06. The molecule has 1 saturated heterocycles. The Hall–Kier alpha value is -2.13. The highest BCUT2D eigenvalue weighted by molar-refractivity contribution is 5.87. The summed E-state index contributed by atoms with van der Waals surface area (Å²) in [5, 5.41) is 9.73. The lowest BCUT2D eigenvalue weighted by molar-refractivity contribution is -0.134. The normalized spacial score (nSPS) is 16.8. The van der Waals surface area contributed by atoms with Crippen LogP contribution < -0.4 is 0 Å². The fraction of sp³-hybridized carbons (Fsp3) is 0.409. The van der Waals surface area contributed by atoms with Gasteiger partial charge in [-0.3, -0.25) is 4.79 Å². The molecule has 0 bridgehead atoms. The molecule has 0 aliphatic carbocycles. The van der Waals surface area contributed by atoms with Gasteiger partial charge >= 0.3 is 0 Å². The molecule has 0 unspecified atom stereocenters. The summed E-state index contributed by atoms with van der Waals surface area (Å²) in [6.45, 7) is 3.80. The third-order valence-corrected chi connectivity index (χ3v) is 5.73. The minimum Gasteiger partial charge on any atom is -0.396 e. The Balaban J connectivity index is 1.84. The molecule has 2 aromatic carbocycles. The van der Waals surface area contributed by atoms with E-state index in [9.17, 15) is 9.90 Å². The maximum absolute atomic E-state index is 13.4. The van der Waals surface area contributed by atoms with E-state index in [1.165, 1.54) is 0 Å². The number of hydrogen-bond donors (Lipinski definition) is 1. The monoisotopic (exact) mass is 337 g/mol. The van der Waals surface area contributed by atoms with Crippen LogP contribution in [-0.2, 0) is 4.79 Å². The molecule has 1 heterocycles. The van der Waals surface area contributed by atoms with Crippen LogP contribution in [0.4, 0.5) is 0 Å². The van der Waals surface area contributed by atoms with Crippen LogP contribution in [0.5, 0.6) is 0 Å². The molecule has 3 heteroatoms. The highest BCUT2D eigenvalue weighted by Gasteiger charge is 2.36. The number of carbonyl (C=O) groups is 1. The van der Waals surface area contributed by atoms with Gasteiger partial charge in [-0.05, 0) is 35.8 Å². The van der Waals surface area contributed by atoms with Crippen molar-refractivity contribution >= 4 is 5.91 Å². The Morgan fingerprint density at radius 2 is 1.48 bits per heavy atom. The first-order valence-corrected chi connectivity index (χ1v) is 9.19. The van der Waals surface area contributed by atoms with Gasteiger partial charge in [-0.15, -0.1) is 0 Å². The van der Waals surface area contributed by atoms with E-state index in [1.54, 1.807) is 0 Å². The van der Waals surface area contributed by atoms with Crippen molar-refractivity contribution in [3.63, 3.8) is 0 Å². The minimum absolute atomic E-state index is 0.00816. The lowest BCUT2D eigenvalue weighted by atomic mass is 9.76. The predicted octanol–water partition coefficient (Wildman–Crippen LogP) is 3.83. The van der Waals surface area contributed by atoms with Gasteiger partial charge in [-0.1, -0.05) is 67.6 Å². The number of aliphatic hydroxyl groups excluding tert-OH is 1. The molecule has 1 amide bonds. The number of hydrogen-bond acceptors (Lipinski definition) is 2. The fourth-order valence-corrected chi connectivity index (χ4v) is 3.78. The average molecular weight is 337 g/mol. The van der Waals surface area contributed by atoms with E-state index in [4.69, 9.17) is 0 Å². The zero-order chi connectivity index (χ0) is 17.7. The number of nitrogens with zero attached hydrogens (tertiary/aromatic N) is 1. The highest BCUT2D eigenvalue weighted by Crippen LogP contribution is 2.36. The number of piperidine rings is 1. The van der Waals surface area contributed by atoms with Crippen molar-refractivity contribution < 1.29 is 9.90 Å². The first kappa shape index (κ1) is 17.7. The number of amides is 1. The lowest BCUT2D eigenvalue weighted by Gasteiger charge is -2.41. The molecule has 0 spiro atoms. The highest BCUT2D eigenvalue weighted by atomic mass is 16.3. The maximum atomic E-state index is 13.4.